The zero-order valence-corrected chi connectivity index (χ0v) is 11.0. The summed E-state index contributed by atoms with van der Waals surface area (Å²) in [6.45, 7) is 1.98. The molecule has 20 heavy (non-hydrogen) atoms. The quantitative estimate of drug-likeness (QED) is 0.772. The zero-order chi connectivity index (χ0) is 14.3. The average molecular weight is 264 g/mol. The van der Waals surface area contributed by atoms with Gasteiger partial charge in [0.15, 0.2) is 5.78 Å². The monoisotopic (exact) mass is 264 g/mol. The molecule has 3 rings (SSSR count). The predicted molar refractivity (Wildman–Crippen MR) is 74.6 cm³/mol. The normalized spacial score (nSPS) is 11.9. The summed E-state index contributed by atoms with van der Waals surface area (Å²) in [5.41, 5.74) is 2.48. The highest BCUT2D eigenvalue weighted by Crippen LogP contribution is 2.38. The van der Waals surface area contributed by atoms with E-state index in [9.17, 15) is 14.9 Å². The Bertz CT molecular complexity index is 825. The zero-order valence-electron chi connectivity index (χ0n) is 11.0. The van der Waals surface area contributed by atoms with Gasteiger partial charge in [0.2, 0.25) is 0 Å². The number of pyridine rings is 1. The van der Waals surface area contributed by atoms with E-state index in [1.165, 1.54) is 0 Å². The number of aromatic amines is 1. The Balaban J connectivity index is 2.45. The molecule has 1 aromatic heterocycles. The molecule has 0 saturated carbocycles. The number of hydrogen-bond acceptors (Lipinski definition) is 3. The average Bonchev–Trinajstić information content (AvgIpc) is 2.74. The summed E-state index contributed by atoms with van der Waals surface area (Å²) in [5, 5.41) is 9.23. The second kappa shape index (κ2) is 4.46. The van der Waals surface area contributed by atoms with Crippen LogP contribution in [0.1, 0.15) is 40.5 Å². The molecule has 2 aromatic rings. The fraction of sp³-hybridized carbons (Fsp3) is 0.188. The molecular formula is C16H12N2O2. The number of nitrogens with zero attached hydrogens (tertiary/aromatic N) is 1. The molecule has 1 N–H and O–H groups in total. The first-order valence-corrected chi connectivity index (χ1v) is 6.52. The molecule has 98 valence electrons. The number of aromatic nitrogens is 1. The minimum absolute atomic E-state index is 0.0261. The molecule has 4 nitrogen and oxygen atoms in total. The van der Waals surface area contributed by atoms with Gasteiger partial charge in [-0.2, -0.15) is 5.26 Å². The second-order valence-electron chi connectivity index (χ2n) is 4.79. The van der Waals surface area contributed by atoms with Crippen molar-refractivity contribution < 1.29 is 4.79 Å². The third-order valence-electron chi connectivity index (χ3n) is 3.57. The minimum atomic E-state index is -0.417. The van der Waals surface area contributed by atoms with Crippen molar-refractivity contribution in [3.63, 3.8) is 0 Å². The molecule has 4 heteroatoms. The van der Waals surface area contributed by atoms with Gasteiger partial charge in [-0.05, 0) is 12.0 Å². The third-order valence-corrected chi connectivity index (χ3v) is 3.57. The summed E-state index contributed by atoms with van der Waals surface area (Å²) in [5.74, 6) is -0.105. The molecule has 1 aliphatic carbocycles. The molecule has 1 aliphatic rings. The van der Waals surface area contributed by atoms with Crippen LogP contribution in [0.15, 0.2) is 29.1 Å². The lowest BCUT2D eigenvalue weighted by Crippen LogP contribution is -2.17. The number of H-pyrrole nitrogens is 1. The van der Waals surface area contributed by atoms with Gasteiger partial charge in [-0.3, -0.25) is 9.59 Å². The standard InChI is InChI=1S/C16H12N2O2/c1-2-5-12-14-13(11(8-17)16(20)18-12)9-6-3-4-7-10(9)15(14)19/h3-4,6-7H,2,5H2,1H3,(H,18,20). The van der Waals surface area contributed by atoms with Gasteiger partial charge in [-0.25, -0.2) is 0 Å². The molecule has 0 saturated heterocycles. The van der Waals surface area contributed by atoms with Gasteiger partial charge >= 0.3 is 0 Å². The number of nitrogens with one attached hydrogen (secondary N) is 1. The molecule has 0 fully saturated rings. The maximum atomic E-state index is 12.5. The maximum Gasteiger partial charge on any atom is 0.266 e. The van der Waals surface area contributed by atoms with E-state index in [-0.39, 0.29) is 11.3 Å². The molecule has 0 unspecified atom stereocenters. The smallest absolute Gasteiger partial charge is 0.266 e. The van der Waals surface area contributed by atoms with Crippen molar-refractivity contribution in [2.75, 3.05) is 0 Å². The van der Waals surface area contributed by atoms with Gasteiger partial charge in [0, 0.05) is 16.8 Å². The minimum Gasteiger partial charge on any atom is -0.324 e. The van der Waals surface area contributed by atoms with E-state index in [2.05, 4.69) is 4.98 Å². The van der Waals surface area contributed by atoms with Crippen molar-refractivity contribution in [1.29, 1.82) is 5.26 Å². The molecule has 0 amide bonds. The van der Waals surface area contributed by atoms with Crippen LogP contribution in [0.4, 0.5) is 0 Å². The topological polar surface area (TPSA) is 73.7 Å². The molecular weight excluding hydrogens is 252 g/mol. The van der Waals surface area contributed by atoms with Crippen LogP contribution in [0.3, 0.4) is 0 Å². The summed E-state index contributed by atoms with van der Waals surface area (Å²) in [6.07, 6.45) is 1.43. The van der Waals surface area contributed by atoms with E-state index in [4.69, 9.17) is 0 Å². The molecule has 0 spiro atoms. The first kappa shape index (κ1) is 12.4. The molecule has 1 aromatic carbocycles. The summed E-state index contributed by atoms with van der Waals surface area (Å²) in [4.78, 5) is 27.3. The summed E-state index contributed by atoms with van der Waals surface area (Å²) in [6, 6.07) is 9.05. The Labute approximate surface area is 115 Å². The van der Waals surface area contributed by atoms with Crippen LogP contribution in [0, 0.1) is 11.3 Å². The van der Waals surface area contributed by atoms with Crippen molar-refractivity contribution in [2.24, 2.45) is 0 Å². The van der Waals surface area contributed by atoms with Crippen molar-refractivity contribution in [3.05, 3.63) is 57.0 Å². The van der Waals surface area contributed by atoms with Gasteiger partial charge in [-0.15, -0.1) is 0 Å². The highest BCUT2D eigenvalue weighted by molar-refractivity contribution is 6.22. The van der Waals surface area contributed by atoms with Crippen LogP contribution in [0.5, 0.6) is 0 Å². The van der Waals surface area contributed by atoms with E-state index in [1.807, 2.05) is 19.1 Å². The van der Waals surface area contributed by atoms with Crippen molar-refractivity contribution in [2.45, 2.75) is 19.8 Å². The van der Waals surface area contributed by atoms with Crippen LogP contribution < -0.4 is 5.56 Å². The Morgan fingerprint density at radius 1 is 1.15 bits per heavy atom. The largest absolute Gasteiger partial charge is 0.324 e. The van der Waals surface area contributed by atoms with Crippen molar-refractivity contribution >= 4 is 5.78 Å². The van der Waals surface area contributed by atoms with E-state index in [1.54, 1.807) is 18.2 Å². The second-order valence-corrected chi connectivity index (χ2v) is 4.79. The van der Waals surface area contributed by atoms with E-state index in [0.29, 0.717) is 34.4 Å². The number of carbonyl (C=O) groups is 1. The Hall–Kier alpha value is -2.67. The third kappa shape index (κ3) is 1.53. The number of hydrogen-bond donors (Lipinski definition) is 1. The van der Waals surface area contributed by atoms with Gasteiger partial charge in [-0.1, -0.05) is 37.6 Å². The number of rotatable bonds is 2. The van der Waals surface area contributed by atoms with Crippen LogP contribution in [0.25, 0.3) is 11.1 Å². The number of aryl methyl sites for hydroxylation is 1. The highest BCUT2D eigenvalue weighted by Gasteiger charge is 2.32. The number of carbonyl (C=O) groups excluding carboxylic acids is 1. The fourth-order valence-corrected chi connectivity index (χ4v) is 2.75. The Morgan fingerprint density at radius 3 is 2.50 bits per heavy atom. The first-order valence-electron chi connectivity index (χ1n) is 6.52. The van der Waals surface area contributed by atoms with Gasteiger partial charge in [0.25, 0.3) is 5.56 Å². The molecule has 0 aliphatic heterocycles. The van der Waals surface area contributed by atoms with Gasteiger partial charge in [0.1, 0.15) is 11.6 Å². The number of nitriles is 1. The molecule has 0 radical (unpaired) electrons. The Morgan fingerprint density at radius 2 is 1.85 bits per heavy atom. The van der Waals surface area contributed by atoms with Gasteiger partial charge in [0.05, 0.1) is 5.56 Å². The lowest BCUT2D eigenvalue weighted by Gasteiger charge is -2.07. The van der Waals surface area contributed by atoms with Crippen LogP contribution >= 0.6 is 0 Å². The van der Waals surface area contributed by atoms with Crippen molar-refractivity contribution in [1.82, 2.24) is 4.98 Å². The lowest BCUT2D eigenvalue weighted by molar-refractivity contribution is 0.104. The van der Waals surface area contributed by atoms with Crippen LogP contribution in [-0.4, -0.2) is 10.8 Å². The van der Waals surface area contributed by atoms with E-state index >= 15 is 0 Å². The van der Waals surface area contributed by atoms with Crippen LogP contribution in [0.2, 0.25) is 0 Å². The van der Waals surface area contributed by atoms with Crippen LogP contribution in [-0.2, 0) is 6.42 Å². The van der Waals surface area contributed by atoms with Gasteiger partial charge < -0.3 is 4.98 Å². The maximum absolute atomic E-state index is 12.5. The number of fused-ring (bicyclic) bond motifs is 3. The van der Waals surface area contributed by atoms with E-state index < -0.39 is 5.56 Å². The van der Waals surface area contributed by atoms with Crippen molar-refractivity contribution in [3.8, 4) is 17.2 Å². The lowest BCUT2D eigenvalue weighted by atomic mass is 9.99. The Kier molecular flexibility index (Phi) is 2.76. The van der Waals surface area contributed by atoms with E-state index in [0.717, 1.165) is 6.42 Å². The first-order chi connectivity index (χ1) is 9.69. The SMILES string of the molecule is CCCc1[nH]c(=O)c(C#N)c2c1C(=O)c1ccccc1-2. The molecule has 1 heterocycles. The highest BCUT2D eigenvalue weighted by atomic mass is 16.1. The number of benzene rings is 1. The summed E-state index contributed by atoms with van der Waals surface area (Å²) in [7, 11) is 0. The fourth-order valence-electron chi connectivity index (χ4n) is 2.75. The molecule has 0 bridgehead atoms. The predicted octanol–water partition coefficient (Wildman–Crippen LogP) is 2.41. The number of ketones is 1. The molecule has 0 atom stereocenters. The summed E-state index contributed by atoms with van der Waals surface area (Å²) >= 11 is 0. The summed E-state index contributed by atoms with van der Waals surface area (Å²) < 4.78 is 0.